The lowest BCUT2D eigenvalue weighted by Gasteiger charge is -2.02. The minimum Gasteiger partial charge on any atom is -0.126 e. The zero-order valence-corrected chi connectivity index (χ0v) is 8.16. The number of hydrogen-bond acceptors (Lipinski definition) is 1. The van der Waals surface area contributed by atoms with E-state index in [2.05, 4.69) is 39.0 Å². The first-order valence-electron chi connectivity index (χ1n) is 3.94. The van der Waals surface area contributed by atoms with Crippen LogP contribution in [0.15, 0.2) is 23.1 Å². The molecule has 0 N–H and O–H groups in total. The maximum Gasteiger partial charge on any atom is 0.00746 e. The summed E-state index contributed by atoms with van der Waals surface area (Å²) in [6.07, 6.45) is 0. The molecule has 0 fully saturated rings. The van der Waals surface area contributed by atoms with Gasteiger partial charge in [0.1, 0.15) is 0 Å². The maximum absolute atomic E-state index is 2.25. The number of hydrogen-bond donors (Lipinski definition) is 0. The quantitative estimate of drug-likeness (QED) is 0.607. The molecule has 0 heterocycles. The van der Waals surface area contributed by atoms with Gasteiger partial charge in [-0.3, -0.25) is 0 Å². The van der Waals surface area contributed by atoms with Gasteiger partial charge in [0.25, 0.3) is 0 Å². The van der Waals surface area contributed by atoms with E-state index in [4.69, 9.17) is 0 Å². The molecule has 0 unspecified atom stereocenters. The van der Waals surface area contributed by atoms with E-state index in [0.29, 0.717) is 0 Å². The normalized spacial score (nSPS) is 10.1. The zero-order valence-electron chi connectivity index (χ0n) is 7.35. The molecule has 0 bridgehead atoms. The second-order valence-corrected chi connectivity index (χ2v) is 4.02. The molecule has 0 aromatic heterocycles. The van der Waals surface area contributed by atoms with Gasteiger partial charge < -0.3 is 0 Å². The number of rotatable bonds is 2. The van der Waals surface area contributed by atoms with Crippen molar-refractivity contribution in [2.75, 3.05) is 5.75 Å². The van der Waals surface area contributed by atoms with Gasteiger partial charge in [-0.25, -0.2) is 0 Å². The summed E-state index contributed by atoms with van der Waals surface area (Å²) in [4.78, 5) is 1.38. The standard InChI is InChI=1S/C10H14S/c1-4-11-10-6-5-8(2)9(3)7-10/h5-7H,4H2,1-3H3. The molecular weight excluding hydrogens is 152 g/mol. The molecule has 0 saturated carbocycles. The van der Waals surface area contributed by atoms with Gasteiger partial charge in [-0.2, -0.15) is 0 Å². The third-order valence-corrected chi connectivity index (χ3v) is 2.67. The van der Waals surface area contributed by atoms with Gasteiger partial charge in [0, 0.05) is 4.90 Å². The molecule has 0 saturated heterocycles. The Kier molecular flexibility index (Phi) is 3.01. The molecule has 0 amide bonds. The first kappa shape index (κ1) is 8.66. The lowest BCUT2D eigenvalue weighted by molar-refractivity contribution is 1.28. The number of benzene rings is 1. The Bertz CT molecular complexity index is 241. The second-order valence-electron chi connectivity index (χ2n) is 2.68. The molecule has 0 aliphatic rings. The van der Waals surface area contributed by atoms with Crippen molar-refractivity contribution in [3.8, 4) is 0 Å². The van der Waals surface area contributed by atoms with Crippen LogP contribution in [0.3, 0.4) is 0 Å². The van der Waals surface area contributed by atoms with Crippen LogP contribution in [0.4, 0.5) is 0 Å². The summed E-state index contributed by atoms with van der Waals surface area (Å²) in [5, 5.41) is 0. The molecule has 0 aliphatic carbocycles. The highest BCUT2D eigenvalue weighted by molar-refractivity contribution is 7.99. The first-order chi connectivity index (χ1) is 5.24. The molecule has 60 valence electrons. The van der Waals surface area contributed by atoms with Crippen molar-refractivity contribution >= 4 is 11.8 Å². The SMILES string of the molecule is CCSc1ccc(C)c(C)c1. The maximum atomic E-state index is 2.25. The van der Waals surface area contributed by atoms with Gasteiger partial charge in [0.2, 0.25) is 0 Å². The van der Waals surface area contributed by atoms with Crippen molar-refractivity contribution < 1.29 is 0 Å². The topological polar surface area (TPSA) is 0 Å². The van der Waals surface area contributed by atoms with Gasteiger partial charge >= 0.3 is 0 Å². The van der Waals surface area contributed by atoms with Crippen LogP contribution in [0.25, 0.3) is 0 Å². The van der Waals surface area contributed by atoms with E-state index in [1.807, 2.05) is 11.8 Å². The molecule has 1 heteroatoms. The molecule has 1 aromatic rings. The fraction of sp³-hybridized carbons (Fsp3) is 0.400. The van der Waals surface area contributed by atoms with Crippen LogP contribution in [-0.4, -0.2) is 5.75 Å². The number of aryl methyl sites for hydroxylation is 2. The van der Waals surface area contributed by atoms with Crippen molar-refractivity contribution in [1.29, 1.82) is 0 Å². The van der Waals surface area contributed by atoms with E-state index in [-0.39, 0.29) is 0 Å². The van der Waals surface area contributed by atoms with Crippen LogP contribution < -0.4 is 0 Å². The van der Waals surface area contributed by atoms with E-state index in [0.717, 1.165) is 5.75 Å². The van der Waals surface area contributed by atoms with Crippen LogP contribution in [-0.2, 0) is 0 Å². The van der Waals surface area contributed by atoms with Crippen molar-refractivity contribution in [2.45, 2.75) is 25.7 Å². The second kappa shape index (κ2) is 3.82. The Morgan fingerprint density at radius 3 is 2.45 bits per heavy atom. The Balaban J connectivity index is 2.86. The summed E-state index contributed by atoms with van der Waals surface area (Å²) >= 11 is 1.90. The van der Waals surface area contributed by atoms with E-state index >= 15 is 0 Å². The number of thioether (sulfide) groups is 1. The smallest absolute Gasteiger partial charge is 0.00746 e. The fourth-order valence-corrected chi connectivity index (χ4v) is 1.73. The lowest BCUT2D eigenvalue weighted by atomic mass is 10.1. The average Bonchev–Trinajstić information content (AvgIpc) is 1.98. The van der Waals surface area contributed by atoms with Crippen LogP contribution in [0.1, 0.15) is 18.1 Å². The van der Waals surface area contributed by atoms with Gasteiger partial charge in [-0.1, -0.05) is 13.0 Å². The Labute approximate surface area is 73.0 Å². The summed E-state index contributed by atoms with van der Waals surface area (Å²) in [5.41, 5.74) is 2.77. The van der Waals surface area contributed by atoms with Crippen LogP contribution >= 0.6 is 11.8 Å². The van der Waals surface area contributed by atoms with Crippen molar-refractivity contribution in [3.63, 3.8) is 0 Å². The molecule has 0 atom stereocenters. The first-order valence-corrected chi connectivity index (χ1v) is 4.92. The molecule has 0 spiro atoms. The Morgan fingerprint density at radius 2 is 1.91 bits per heavy atom. The third-order valence-electron chi connectivity index (χ3n) is 1.79. The zero-order chi connectivity index (χ0) is 8.27. The average molecular weight is 166 g/mol. The molecule has 11 heavy (non-hydrogen) atoms. The van der Waals surface area contributed by atoms with Gasteiger partial charge in [0.15, 0.2) is 0 Å². The fourth-order valence-electron chi connectivity index (χ4n) is 0.970. The largest absolute Gasteiger partial charge is 0.126 e. The minimum absolute atomic E-state index is 1.16. The van der Waals surface area contributed by atoms with Crippen molar-refractivity contribution in [2.24, 2.45) is 0 Å². The van der Waals surface area contributed by atoms with E-state index < -0.39 is 0 Å². The minimum atomic E-state index is 1.16. The molecular formula is C10H14S. The molecule has 0 aliphatic heterocycles. The van der Waals surface area contributed by atoms with E-state index in [1.54, 1.807) is 0 Å². The van der Waals surface area contributed by atoms with Crippen molar-refractivity contribution in [1.82, 2.24) is 0 Å². The molecule has 0 nitrogen and oxygen atoms in total. The van der Waals surface area contributed by atoms with Gasteiger partial charge in [-0.15, -0.1) is 11.8 Å². The van der Waals surface area contributed by atoms with E-state index in [1.165, 1.54) is 16.0 Å². The monoisotopic (exact) mass is 166 g/mol. The predicted octanol–water partition coefficient (Wildman–Crippen LogP) is 3.42. The van der Waals surface area contributed by atoms with Crippen LogP contribution in [0.2, 0.25) is 0 Å². The van der Waals surface area contributed by atoms with Crippen LogP contribution in [0, 0.1) is 13.8 Å². The molecule has 1 aromatic carbocycles. The summed E-state index contributed by atoms with van der Waals surface area (Å²) < 4.78 is 0. The van der Waals surface area contributed by atoms with Gasteiger partial charge in [-0.05, 0) is 42.9 Å². The lowest BCUT2D eigenvalue weighted by Crippen LogP contribution is -1.80. The molecule has 1 rings (SSSR count). The van der Waals surface area contributed by atoms with E-state index in [9.17, 15) is 0 Å². The predicted molar refractivity (Wildman–Crippen MR) is 52.3 cm³/mol. The van der Waals surface area contributed by atoms with Crippen LogP contribution in [0.5, 0.6) is 0 Å². The Morgan fingerprint density at radius 1 is 1.18 bits per heavy atom. The highest BCUT2D eigenvalue weighted by Gasteiger charge is 1.94. The molecule has 0 radical (unpaired) electrons. The summed E-state index contributed by atoms with van der Waals surface area (Å²) in [6.45, 7) is 6.49. The third kappa shape index (κ3) is 2.26. The Hall–Kier alpha value is -0.430. The summed E-state index contributed by atoms with van der Waals surface area (Å²) in [7, 11) is 0. The summed E-state index contributed by atoms with van der Waals surface area (Å²) in [5.74, 6) is 1.16. The summed E-state index contributed by atoms with van der Waals surface area (Å²) in [6, 6.07) is 6.63. The highest BCUT2D eigenvalue weighted by Crippen LogP contribution is 2.20. The van der Waals surface area contributed by atoms with Gasteiger partial charge in [0.05, 0.1) is 0 Å². The van der Waals surface area contributed by atoms with Crippen molar-refractivity contribution in [3.05, 3.63) is 29.3 Å². The highest BCUT2D eigenvalue weighted by atomic mass is 32.2.